The van der Waals surface area contributed by atoms with Crippen LogP contribution < -0.4 is 5.48 Å². The molecule has 4 nitrogen and oxygen atoms in total. The predicted molar refractivity (Wildman–Crippen MR) is 74.4 cm³/mol. The zero-order valence-electron chi connectivity index (χ0n) is 9.89. The van der Waals surface area contributed by atoms with E-state index in [-0.39, 0.29) is 5.78 Å². The van der Waals surface area contributed by atoms with Gasteiger partial charge in [0, 0.05) is 10.4 Å². The molecule has 1 aliphatic rings. The number of carbonyl (C=O) groups excluding carboxylic acids is 1. The van der Waals surface area contributed by atoms with Gasteiger partial charge in [-0.3, -0.25) is 15.5 Å². The Morgan fingerprint density at radius 2 is 2.21 bits per heavy atom. The molecule has 0 aliphatic heterocycles. The molecule has 6 heteroatoms. The normalized spacial score (nSPS) is 14.4. The van der Waals surface area contributed by atoms with Crippen molar-refractivity contribution in [3.63, 3.8) is 0 Å². The van der Waals surface area contributed by atoms with E-state index in [4.69, 9.17) is 16.8 Å². The summed E-state index contributed by atoms with van der Waals surface area (Å²) in [5.74, 6) is 0.383. The number of hydrogen-bond acceptors (Lipinski definition) is 5. The molecule has 0 amide bonds. The number of aromatic nitrogens is 1. The lowest BCUT2D eigenvalue weighted by Gasteiger charge is -2.06. The van der Waals surface area contributed by atoms with Crippen molar-refractivity contribution >= 4 is 34.6 Å². The molecule has 0 spiro atoms. The van der Waals surface area contributed by atoms with E-state index in [1.165, 1.54) is 17.6 Å². The maximum absolute atomic E-state index is 12.5. The molecule has 1 heterocycles. The molecule has 1 saturated carbocycles. The summed E-state index contributed by atoms with van der Waals surface area (Å²) in [6.45, 7) is 0. The van der Waals surface area contributed by atoms with Crippen LogP contribution in [0.15, 0.2) is 24.4 Å². The Labute approximate surface area is 119 Å². The number of nitrogens with zero attached hydrogens (tertiary/aromatic N) is 1. The van der Waals surface area contributed by atoms with Crippen LogP contribution in [0, 0.1) is 0 Å². The minimum Gasteiger partial charge on any atom is -0.291 e. The van der Waals surface area contributed by atoms with E-state index >= 15 is 0 Å². The van der Waals surface area contributed by atoms with Crippen LogP contribution in [0.2, 0.25) is 5.02 Å². The van der Waals surface area contributed by atoms with E-state index in [9.17, 15) is 4.79 Å². The third kappa shape index (κ3) is 2.36. The third-order valence-corrected chi connectivity index (χ3v) is 4.41. The largest absolute Gasteiger partial charge is 0.291 e. The van der Waals surface area contributed by atoms with Gasteiger partial charge in [0.1, 0.15) is 0 Å². The molecule has 0 unspecified atom stereocenters. The van der Waals surface area contributed by atoms with Gasteiger partial charge in [0.15, 0.2) is 5.78 Å². The topological polar surface area (TPSA) is 62.2 Å². The van der Waals surface area contributed by atoms with Crippen LogP contribution in [0.25, 0.3) is 0 Å². The first-order chi connectivity index (χ1) is 9.20. The third-order valence-electron chi connectivity index (χ3n) is 3.13. The van der Waals surface area contributed by atoms with Crippen LogP contribution in [-0.2, 0) is 0 Å². The summed E-state index contributed by atoms with van der Waals surface area (Å²) < 4.78 is 4.12. The number of benzene rings is 1. The molecule has 0 atom stereocenters. The summed E-state index contributed by atoms with van der Waals surface area (Å²) in [5.41, 5.74) is 3.54. The lowest BCUT2D eigenvalue weighted by molar-refractivity contribution is 0.103. The van der Waals surface area contributed by atoms with Crippen LogP contribution in [0.1, 0.15) is 39.6 Å². The van der Waals surface area contributed by atoms with Crippen molar-refractivity contribution in [2.45, 2.75) is 18.8 Å². The van der Waals surface area contributed by atoms with E-state index in [0.29, 0.717) is 27.8 Å². The number of nitrogens with one attached hydrogen (secondary N) is 1. The van der Waals surface area contributed by atoms with Gasteiger partial charge in [-0.05, 0) is 48.5 Å². The van der Waals surface area contributed by atoms with Crippen LogP contribution >= 0.6 is 23.1 Å². The first-order valence-corrected chi connectivity index (χ1v) is 7.04. The quantitative estimate of drug-likeness (QED) is 0.666. The highest BCUT2D eigenvalue weighted by Crippen LogP contribution is 2.44. The SMILES string of the molecule is O=C(c1ccc(NO)cc1Cl)c1cnsc1C1CC1. The van der Waals surface area contributed by atoms with Crippen molar-refractivity contribution in [1.29, 1.82) is 0 Å². The molecule has 1 aromatic carbocycles. The second kappa shape index (κ2) is 4.92. The summed E-state index contributed by atoms with van der Waals surface area (Å²) in [4.78, 5) is 13.5. The van der Waals surface area contributed by atoms with Crippen molar-refractivity contribution in [1.82, 2.24) is 4.37 Å². The number of anilines is 1. The van der Waals surface area contributed by atoms with Gasteiger partial charge in [-0.25, -0.2) is 4.37 Å². The first kappa shape index (κ1) is 12.6. The van der Waals surface area contributed by atoms with Gasteiger partial charge < -0.3 is 0 Å². The summed E-state index contributed by atoms with van der Waals surface area (Å²) in [5, 5.41) is 9.12. The number of carbonyl (C=O) groups is 1. The minimum atomic E-state index is -0.106. The summed E-state index contributed by atoms with van der Waals surface area (Å²) in [7, 11) is 0. The molecular weight excluding hydrogens is 284 g/mol. The molecule has 2 aromatic rings. The Balaban J connectivity index is 1.97. The molecule has 98 valence electrons. The second-order valence-corrected chi connectivity index (χ2v) is 5.75. The van der Waals surface area contributed by atoms with E-state index < -0.39 is 0 Å². The van der Waals surface area contributed by atoms with Gasteiger partial charge in [-0.1, -0.05) is 11.6 Å². The van der Waals surface area contributed by atoms with E-state index in [1.54, 1.807) is 18.3 Å². The average molecular weight is 295 g/mol. The second-order valence-electron chi connectivity index (χ2n) is 4.51. The lowest BCUT2D eigenvalue weighted by Crippen LogP contribution is -2.04. The maximum Gasteiger partial charge on any atom is 0.197 e. The average Bonchev–Trinajstić information content (AvgIpc) is 3.15. The van der Waals surface area contributed by atoms with Crippen molar-refractivity contribution in [2.75, 3.05) is 5.48 Å². The number of hydrogen-bond donors (Lipinski definition) is 2. The van der Waals surface area contributed by atoms with Gasteiger partial charge in [-0.15, -0.1) is 0 Å². The molecule has 3 rings (SSSR count). The van der Waals surface area contributed by atoms with Crippen molar-refractivity contribution in [2.24, 2.45) is 0 Å². The van der Waals surface area contributed by atoms with E-state index in [0.717, 1.165) is 17.7 Å². The summed E-state index contributed by atoms with van der Waals surface area (Å²) in [6, 6.07) is 4.73. The van der Waals surface area contributed by atoms with Gasteiger partial charge in [0.25, 0.3) is 0 Å². The summed E-state index contributed by atoms with van der Waals surface area (Å²) in [6.07, 6.45) is 3.88. The molecule has 0 radical (unpaired) electrons. The van der Waals surface area contributed by atoms with Gasteiger partial charge in [0.05, 0.1) is 22.5 Å². The Bertz CT molecular complexity index is 637. The van der Waals surface area contributed by atoms with Gasteiger partial charge in [-0.2, -0.15) is 0 Å². The van der Waals surface area contributed by atoms with Gasteiger partial charge >= 0.3 is 0 Å². The Hall–Kier alpha value is -1.43. The molecule has 1 fully saturated rings. The van der Waals surface area contributed by atoms with Crippen LogP contribution in [0.4, 0.5) is 5.69 Å². The molecular formula is C13H11ClN2O2S. The maximum atomic E-state index is 12.5. The standard InChI is InChI=1S/C13H11ClN2O2S/c14-11-5-8(16-18)3-4-9(11)12(17)10-6-15-19-13(10)7-1-2-7/h3-7,16,18H,1-2H2. The highest BCUT2D eigenvalue weighted by Gasteiger charge is 2.30. The van der Waals surface area contributed by atoms with E-state index in [2.05, 4.69) is 4.37 Å². The number of ketones is 1. The molecule has 2 N–H and O–H groups in total. The minimum absolute atomic E-state index is 0.106. The molecule has 0 saturated heterocycles. The number of halogens is 1. The fraction of sp³-hybridized carbons (Fsp3) is 0.231. The fourth-order valence-corrected chi connectivity index (χ4v) is 3.14. The highest BCUT2D eigenvalue weighted by atomic mass is 35.5. The Kier molecular flexibility index (Phi) is 3.26. The first-order valence-electron chi connectivity index (χ1n) is 5.89. The smallest absolute Gasteiger partial charge is 0.197 e. The zero-order valence-corrected chi connectivity index (χ0v) is 11.5. The van der Waals surface area contributed by atoms with Crippen molar-refractivity contribution in [3.05, 3.63) is 45.4 Å². The van der Waals surface area contributed by atoms with Crippen LogP contribution in [0.3, 0.4) is 0 Å². The monoisotopic (exact) mass is 294 g/mol. The molecule has 1 aromatic heterocycles. The van der Waals surface area contributed by atoms with Crippen LogP contribution in [-0.4, -0.2) is 15.4 Å². The zero-order chi connectivity index (χ0) is 13.4. The van der Waals surface area contributed by atoms with E-state index in [1.807, 2.05) is 5.48 Å². The van der Waals surface area contributed by atoms with Crippen molar-refractivity contribution < 1.29 is 10.0 Å². The lowest BCUT2D eigenvalue weighted by atomic mass is 10.0. The summed E-state index contributed by atoms with van der Waals surface area (Å²) >= 11 is 7.47. The van der Waals surface area contributed by atoms with Crippen LogP contribution in [0.5, 0.6) is 0 Å². The molecule has 1 aliphatic carbocycles. The Morgan fingerprint density at radius 3 is 2.84 bits per heavy atom. The van der Waals surface area contributed by atoms with Gasteiger partial charge in [0.2, 0.25) is 0 Å². The number of rotatable bonds is 4. The predicted octanol–water partition coefficient (Wildman–Crippen LogP) is 3.71. The highest BCUT2D eigenvalue weighted by molar-refractivity contribution is 7.06. The fourth-order valence-electron chi connectivity index (χ4n) is 1.97. The van der Waals surface area contributed by atoms with Crippen molar-refractivity contribution in [3.8, 4) is 0 Å². The molecule has 0 bridgehead atoms. The Morgan fingerprint density at radius 1 is 1.42 bits per heavy atom. The molecule has 19 heavy (non-hydrogen) atoms.